The van der Waals surface area contributed by atoms with Crippen molar-refractivity contribution < 1.29 is 0 Å². The predicted octanol–water partition coefficient (Wildman–Crippen LogP) is 1.85. The SMILES string of the molecule is CNc1ccnc(CSc2nnc(C)n2C)c1. The van der Waals surface area contributed by atoms with Crippen molar-refractivity contribution in [3.63, 3.8) is 0 Å². The molecule has 5 nitrogen and oxygen atoms in total. The third-order valence-corrected chi connectivity index (χ3v) is 3.56. The van der Waals surface area contributed by atoms with E-state index in [2.05, 4.69) is 20.5 Å². The Morgan fingerprint density at radius 2 is 2.24 bits per heavy atom. The number of aryl methyl sites for hydroxylation is 1. The number of anilines is 1. The molecule has 1 N–H and O–H groups in total. The number of nitrogens with one attached hydrogen (secondary N) is 1. The van der Waals surface area contributed by atoms with Crippen LogP contribution in [-0.4, -0.2) is 26.8 Å². The minimum atomic E-state index is 0.793. The summed E-state index contributed by atoms with van der Waals surface area (Å²) < 4.78 is 1.98. The molecule has 2 rings (SSSR count). The van der Waals surface area contributed by atoms with Gasteiger partial charge in [0.15, 0.2) is 5.16 Å². The standard InChI is InChI=1S/C11H15N5S/c1-8-14-15-11(16(8)3)17-7-10-6-9(12-2)4-5-13-10/h4-6H,7H2,1-3H3,(H,12,13). The fourth-order valence-electron chi connectivity index (χ4n) is 1.36. The summed E-state index contributed by atoms with van der Waals surface area (Å²) in [6.45, 7) is 1.94. The van der Waals surface area contributed by atoms with Gasteiger partial charge in [0.2, 0.25) is 0 Å². The van der Waals surface area contributed by atoms with Gasteiger partial charge in [-0.1, -0.05) is 11.8 Å². The van der Waals surface area contributed by atoms with E-state index in [1.54, 1.807) is 11.8 Å². The fourth-order valence-corrected chi connectivity index (χ4v) is 2.22. The van der Waals surface area contributed by atoms with Crippen LogP contribution in [-0.2, 0) is 12.8 Å². The smallest absolute Gasteiger partial charge is 0.191 e. The van der Waals surface area contributed by atoms with E-state index in [0.717, 1.165) is 28.1 Å². The summed E-state index contributed by atoms with van der Waals surface area (Å²) in [5.74, 6) is 1.71. The number of hydrogen-bond donors (Lipinski definition) is 1. The summed E-state index contributed by atoms with van der Waals surface area (Å²) in [5.41, 5.74) is 2.10. The lowest BCUT2D eigenvalue weighted by molar-refractivity contribution is 0.765. The Hall–Kier alpha value is -1.56. The molecule has 0 fully saturated rings. The maximum absolute atomic E-state index is 4.32. The van der Waals surface area contributed by atoms with Crippen LogP contribution in [0.1, 0.15) is 11.5 Å². The second kappa shape index (κ2) is 5.18. The van der Waals surface area contributed by atoms with E-state index in [0.29, 0.717) is 0 Å². The average Bonchev–Trinajstić information content (AvgIpc) is 2.68. The lowest BCUT2D eigenvalue weighted by Gasteiger charge is -2.03. The Kier molecular flexibility index (Phi) is 3.63. The quantitative estimate of drug-likeness (QED) is 0.838. The van der Waals surface area contributed by atoms with Gasteiger partial charge in [-0.2, -0.15) is 0 Å². The topological polar surface area (TPSA) is 55.6 Å². The zero-order valence-electron chi connectivity index (χ0n) is 10.1. The van der Waals surface area contributed by atoms with E-state index in [1.807, 2.05) is 43.9 Å². The first kappa shape index (κ1) is 11.9. The van der Waals surface area contributed by atoms with Gasteiger partial charge in [0, 0.05) is 31.7 Å². The number of thioether (sulfide) groups is 1. The van der Waals surface area contributed by atoms with Gasteiger partial charge in [0.25, 0.3) is 0 Å². The minimum absolute atomic E-state index is 0.793. The first-order chi connectivity index (χ1) is 8.20. The lowest BCUT2D eigenvalue weighted by Crippen LogP contribution is -1.95. The van der Waals surface area contributed by atoms with E-state index in [9.17, 15) is 0 Å². The molecule has 0 atom stereocenters. The molecule has 0 bridgehead atoms. The molecule has 90 valence electrons. The zero-order valence-corrected chi connectivity index (χ0v) is 11.0. The van der Waals surface area contributed by atoms with Crippen molar-refractivity contribution >= 4 is 17.4 Å². The van der Waals surface area contributed by atoms with Crippen molar-refractivity contribution in [3.8, 4) is 0 Å². The van der Waals surface area contributed by atoms with Gasteiger partial charge in [-0.25, -0.2) is 0 Å². The highest BCUT2D eigenvalue weighted by Crippen LogP contribution is 2.20. The van der Waals surface area contributed by atoms with Crippen molar-refractivity contribution in [2.45, 2.75) is 17.8 Å². The fraction of sp³-hybridized carbons (Fsp3) is 0.364. The van der Waals surface area contributed by atoms with Crippen LogP contribution >= 0.6 is 11.8 Å². The summed E-state index contributed by atoms with van der Waals surface area (Å²) in [5, 5.41) is 12.1. The summed E-state index contributed by atoms with van der Waals surface area (Å²) >= 11 is 1.64. The van der Waals surface area contributed by atoms with Crippen LogP contribution in [0.4, 0.5) is 5.69 Å². The molecule has 0 aliphatic carbocycles. The van der Waals surface area contributed by atoms with Crippen molar-refractivity contribution in [2.75, 3.05) is 12.4 Å². The highest BCUT2D eigenvalue weighted by molar-refractivity contribution is 7.98. The van der Waals surface area contributed by atoms with Crippen molar-refractivity contribution in [3.05, 3.63) is 29.8 Å². The molecule has 0 aliphatic rings. The Morgan fingerprint density at radius 3 is 2.88 bits per heavy atom. The number of aromatic nitrogens is 4. The maximum Gasteiger partial charge on any atom is 0.191 e. The number of pyridine rings is 1. The van der Waals surface area contributed by atoms with Crippen LogP contribution in [0.15, 0.2) is 23.5 Å². The van der Waals surface area contributed by atoms with Crippen LogP contribution in [0.25, 0.3) is 0 Å². The molecule has 2 aromatic heterocycles. The van der Waals surface area contributed by atoms with Gasteiger partial charge in [-0.3, -0.25) is 4.98 Å². The molecule has 0 aliphatic heterocycles. The predicted molar refractivity (Wildman–Crippen MR) is 69.1 cm³/mol. The molecule has 0 radical (unpaired) electrons. The second-order valence-corrected chi connectivity index (χ2v) is 4.61. The second-order valence-electron chi connectivity index (χ2n) is 3.66. The summed E-state index contributed by atoms with van der Waals surface area (Å²) in [4.78, 5) is 4.32. The van der Waals surface area contributed by atoms with Gasteiger partial charge < -0.3 is 9.88 Å². The Morgan fingerprint density at radius 1 is 1.41 bits per heavy atom. The van der Waals surface area contributed by atoms with Crippen molar-refractivity contribution in [2.24, 2.45) is 7.05 Å². The molecule has 0 aromatic carbocycles. The lowest BCUT2D eigenvalue weighted by atomic mass is 10.3. The first-order valence-electron chi connectivity index (χ1n) is 5.32. The van der Waals surface area contributed by atoms with Gasteiger partial charge in [0.05, 0.1) is 5.69 Å². The van der Waals surface area contributed by atoms with Crippen molar-refractivity contribution in [1.82, 2.24) is 19.7 Å². The molecule has 6 heteroatoms. The maximum atomic E-state index is 4.32. The van der Waals surface area contributed by atoms with Crippen LogP contribution < -0.4 is 5.32 Å². The third kappa shape index (κ3) is 2.76. The summed E-state index contributed by atoms with van der Waals surface area (Å²) in [7, 11) is 3.87. The van der Waals surface area contributed by atoms with E-state index in [4.69, 9.17) is 0 Å². The van der Waals surface area contributed by atoms with Crippen LogP contribution in [0.5, 0.6) is 0 Å². The molecular formula is C11H15N5S. The average molecular weight is 249 g/mol. The van der Waals surface area contributed by atoms with Crippen LogP contribution in [0.3, 0.4) is 0 Å². The normalized spacial score (nSPS) is 10.5. The van der Waals surface area contributed by atoms with E-state index < -0.39 is 0 Å². The Bertz CT molecular complexity index is 508. The summed E-state index contributed by atoms with van der Waals surface area (Å²) in [6, 6.07) is 3.98. The molecule has 0 saturated carbocycles. The zero-order chi connectivity index (χ0) is 12.3. The number of nitrogens with zero attached hydrogens (tertiary/aromatic N) is 4. The minimum Gasteiger partial charge on any atom is -0.388 e. The molecule has 2 aromatic rings. The highest BCUT2D eigenvalue weighted by Gasteiger charge is 2.06. The van der Waals surface area contributed by atoms with E-state index in [1.165, 1.54) is 0 Å². The number of rotatable bonds is 4. The van der Waals surface area contributed by atoms with Crippen LogP contribution in [0, 0.1) is 6.92 Å². The van der Waals surface area contributed by atoms with Gasteiger partial charge in [-0.05, 0) is 19.1 Å². The Balaban J connectivity index is 2.04. The largest absolute Gasteiger partial charge is 0.388 e. The molecule has 17 heavy (non-hydrogen) atoms. The summed E-state index contributed by atoms with van der Waals surface area (Å²) in [6.07, 6.45) is 1.81. The van der Waals surface area contributed by atoms with Gasteiger partial charge in [0.1, 0.15) is 5.82 Å². The van der Waals surface area contributed by atoms with E-state index >= 15 is 0 Å². The monoisotopic (exact) mass is 249 g/mol. The molecule has 0 unspecified atom stereocenters. The van der Waals surface area contributed by atoms with Gasteiger partial charge in [-0.15, -0.1) is 10.2 Å². The molecule has 0 amide bonds. The third-order valence-electron chi connectivity index (χ3n) is 2.51. The van der Waals surface area contributed by atoms with Crippen molar-refractivity contribution in [1.29, 1.82) is 0 Å². The molecule has 2 heterocycles. The first-order valence-corrected chi connectivity index (χ1v) is 6.30. The van der Waals surface area contributed by atoms with Crippen LogP contribution in [0.2, 0.25) is 0 Å². The Labute approximate surface area is 105 Å². The molecule has 0 saturated heterocycles. The molecule has 0 spiro atoms. The van der Waals surface area contributed by atoms with Gasteiger partial charge >= 0.3 is 0 Å². The number of hydrogen-bond acceptors (Lipinski definition) is 5. The highest BCUT2D eigenvalue weighted by atomic mass is 32.2. The van der Waals surface area contributed by atoms with E-state index in [-0.39, 0.29) is 0 Å². The molecular weight excluding hydrogens is 234 g/mol.